The van der Waals surface area contributed by atoms with Gasteiger partial charge in [0, 0.05) is 5.56 Å². The molecule has 0 unspecified atom stereocenters. The average Bonchev–Trinajstić information content (AvgIpc) is 2.35. The minimum Gasteiger partial charge on any atom is -0.469 e. The second-order valence-corrected chi connectivity index (χ2v) is 4.15. The van der Waals surface area contributed by atoms with Crippen molar-refractivity contribution in [2.45, 2.75) is 24.8 Å². The number of ether oxygens (including phenoxy) is 2. The van der Waals surface area contributed by atoms with Crippen LogP contribution in [0.5, 0.6) is 5.88 Å². The zero-order valence-electron chi connectivity index (χ0n) is 10.8. The SMILES string of the molecule is COC(=O)Cc1cc(C(F)(F)F)nc(OC(F)(F)F)c1CCl. The van der Waals surface area contributed by atoms with Crippen LogP contribution >= 0.6 is 11.6 Å². The first-order valence-corrected chi connectivity index (χ1v) is 6.00. The maximum atomic E-state index is 12.7. The summed E-state index contributed by atoms with van der Waals surface area (Å²) in [6.07, 6.45) is -11.0. The van der Waals surface area contributed by atoms with Gasteiger partial charge >= 0.3 is 18.5 Å². The number of halogens is 7. The van der Waals surface area contributed by atoms with E-state index in [4.69, 9.17) is 11.6 Å². The van der Waals surface area contributed by atoms with Crippen molar-refractivity contribution in [2.75, 3.05) is 7.11 Å². The van der Waals surface area contributed by atoms with Gasteiger partial charge in [-0.2, -0.15) is 13.2 Å². The van der Waals surface area contributed by atoms with E-state index in [0.717, 1.165) is 7.11 Å². The number of carbonyl (C=O) groups excluding carboxylic acids is 1. The molecule has 0 aromatic carbocycles. The van der Waals surface area contributed by atoms with Gasteiger partial charge in [0.2, 0.25) is 5.88 Å². The third-order valence-corrected chi connectivity index (χ3v) is 2.64. The van der Waals surface area contributed by atoms with Crippen LogP contribution in [-0.2, 0) is 28.0 Å². The quantitative estimate of drug-likeness (QED) is 0.473. The molecule has 1 heterocycles. The van der Waals surface area contributed by atoms with Crippen LogP contribution in [-0.4, -0.2) is 24.4 Å². The molecule has 0 spiro atoms. The van der Waals surface area contributed by atoms with Gasteiger partial charge in [-0.3, -0.25) is 4.79 Å². The third-order valence-electron chi connectivity index (χ3n) is 2.38. The van der Waals surface area contributed by atoms with Crippen molar-refractivity contribution in [1.82, 2.24) is 4.98 Å². The summed E-state index contributed by atoms with van der Waals surface area (Å²) >= 11 is 5.44. The number of alkyl halides is 7. The standard InChI is InChI=1S/C11H8ClF6NO3/c1-21-8(20)3-5-2-7(10(13,14)15)19-9(6(5)4-12)22-11(16,17)18/h2H,3-4H2,1H3. The Morgan fingerprint density at radius 2 is 1.86 bits per heavy atom. The smallest absolute Gasteiger partial charge is 0.469 e. The number of hydrogen-bond donors (Lipinski definition) is 0. The molecule has 11 heteroatoms. The molecule has 0 aliphatic carbocycles. The van der Waals surface area contributed by atoms with Gasteiger partial charge in [-0.25, -0.2) is 4.98 Å². The van der Waals surface area contributed by atoms with Crippen molar-refractivity contribution in [2.24, 2.45) is 0 Å². The molecule has 1 rings (SSSR count). The van der Waals surface area contributed by atoms with Crippen LogP contribution in [0.15, 0.2) is 6.07 Å². The molecule has 0 aliphatic rings. The molecule has 0 atom stereocenters. The minimum absolute atomic E-state index is 0.413. The Balaban J connectivity index is 3.45. The number of rotatable bonds is 4. The molecule has 124 valence electrons. The lowest BCUT2D eigenvalue weighted by Gasteiger charge is -2.17. The molecule has 0 bridgehead atoms. The summed E-state index contributed by atoms with van der Waals surface area (Å²) in [6.45, 7) is 0. The number of aromatic nitrogens is 1. The lowest BCUT2D eigenvalue weighted by Crippen LogP contribution is -2.22. The molecule has 0 fully saturated rings. The molecule has 0 amide bonds. The Morgan fingerprint density at radius 3 is 2.27 bits per heavy atom. The van der Waals surface area contributed by atoms with Crippen LogP contribution in [0, 0.1) is 0 Å². The molecule has 1 aromatic heterocycles. The Kier molecular flexibility index (Phi) is 5.49. The highest BCUT2D eigenvalue weighted by Gasteiger charge is 2.38. The lowest BCUT2D eigenvalue weighted by molar-refractivity contribution is -0.276. The largest absolute Gasteiger partial charge is 0.574 e. The third kappa shape index (κ3) is 4.93. The van der Waals surface area contributed by atoms with E-state index in [9.17, 15) is 31.1 Å². The number of carbonyl (C=O) groups is 1. The van der Waals surface area contributed by atoms with Gasteiger partial charge in [0.15, 0.2) is 0 Å². The van der Waals surface area contributed by atoms with Gasteiger partial charge < -0.3 is 9.47 Å². The molecule has 0 saturated carbocycles. The monoisotopic (exact) mass is 351 g/mol. The normalized spacial score (nSPS) is 12.2. The number of methoxy groups -OCH3 is 1. The van der Waals surface area contributed by atoms with E-state index in [0.29, 0.717) is 6.07 Å². The van der Waals surface area contributed by atoms with Crippen molar-refractivity contribution in [3.8, 4) is 5.88 Å². The summed E-state index contributed by atoms with van der Waals surface area (Å²) < 4.78 is 82.6. The Morgan fingerprint density at radius 1 is 1.27 bits per heavy atom. The Bertz CT molecular complexity index is 558. The first-order valence-electron chi connectivity index (χ1n) is 5.46. The number of nitrogens with zero attached hydrogens (tertiary/aromatic N) is 1. The summed E-state index contributed by atoms with van der Waals surface area (Å²) in [4.78, 5) is 14.0. The number of esters is 1. The second kappa shape index (κ2) is 6.59. The van der Waals surface area contributed by atoms with Crippen LogP contribution in [0.2, 0.25) is 0 Å². The van der Waals surface area contributed by atoms with Crippen molar-refractivity contribution in [3.63, 3.8) is 0 Å². The zero-order valence-corrected chi connectivity index (χ0v) is 11.6. The number of hydrogen-bond acceptors (Lipinski definition) is 4. The lowest BCUT2D eigenvalue weighted by atomic mass is 10.1. The van der Waals surface area contributed by atoms with E-state index >= 15 is 0 Å². The fraction of sp³-hybridized carbons (Fsp3) is 0.455. The Labute approximate surface area is 125 Å². The van der Waals surface area contributed by atoms with Gasteiger partial charge in [-0.1, -0.05) is 0 Å². The van der Waals surface area contributed by atoms with Crippen molar-refractivity contribution < 1.29 is 40.6 Å². The molecule has 4 nitrogen and oxygen atoms in total. The number of pyridine rings is 1. The van der Waals surface area contributed by atoms with Gasteiger partial charge in [-0.05, 0) is 11.6 Å². The molecule has 0 aliphatic heterocycles. The maximum Gasteiger partial charge on any atom is 0.574 e. The highest BCUT2D eigenvalue weighted by Crippen LogP contribution is 2.35. The van der Waals surface area contributed by atoms with Crippen LogP contribution in [0.3, 0.4) is 0 Å². The molecule has 0 N–H and O–H groups in total. The van der Waals surface area contributed by atoms with Crippen molar-refractivity contribution >= 4 is 17.6 Å². The summed E-state index contributed by atoms with van der Waals surface area (Å²) in [5, 5.41) is 0. The summed E-state index contributed by atoms with van der Waals surface area (Å²) in [5.41, 5.74) is -2.53. The van der Waals surface area contributed by atoms with E-state index in [1.807, 2.05) is 0 Å². The van der Waals surface area contributed by atoms with Gasteiger partial charge in [-0.15, -0.1) is 24.8 Å². The molecule has 22 heavy (non-hydrogen) atoms. The fourth-order valence-electron chi connectivity index (χ4n) is 1.47. The van der Waals surface area contributed by atoms with Crippen molar-refractivity contribution in [1.29, 1.82) is 0 Å². The molecular formula is C11H8ClF6NO3. The first-order chi connectivity index (χ1) is 9.97. The summed E-state index contributed by atoms with van der Waals surface area (Å²) in [6, 6.07) is 0.428. The van der Waals surface area contributed by atoms with Gasteiger partial charge in [0.1, 0.15) is 5.69 Å². The molecule has 0 saturated heterocycles. The highest BCUT2D eigenvalue weighted by molar-refractivity contribution is 6.17. The molecule has 0 radical (unpaired) electrons. The summed E-state index contributed by atoms with van der Waals surface area (Å²) in [5.74, 6) is -2.94. The molecular weight excluding hydrogens is 344 g/mol. The van der Waals surface area contributed by atoms with Gasteiger partial charge in [0.25, 0.3) is 0 Å². The van der Waals surface area contributed by atoms with E-state index < -0.39 is 53.5 Å². The highest BCUT2D eigenvalue weighted by atomic mass is 35.5. The Hall–Kier alpha value is -1.71. The van der Waals surface area contributed by atoms with E-state index in [2.05, 4.69) is 14.5 Å². The van der Waals surface area contributed by atoms with E-state index in [1.54, 1.807) is 0 Å². The van der Waals surface area contributed by atoms with E-state index in [1.165, 1.54) is 0 Å². The van der Waals surface area contributed by atoms with Crippen LogP contribution < -0.4 is 4.74 Å². The molecule has 1 aromatic rings. The van der Waals surface area contributed by atoms with Crippen LogP contribution in [0.4, 0.5) is 26.3 Å². The predicted molar refractivity (Wildman–Crippen MR) is 61.2 cm³/mol. The summed E-state index contributed by atoms with van der Waals surface area (Å²) in [7, 11) is 0.974. The van der Waals surface area contributed by atoms with Crippen LogP contribution in [0.25, 0.3) is 0 Å². The van der Waals surface area contributed by atoms with Crippen LogP contribution in [0.1, 0.15) is 16.8 Å². The fourth-order valence-corrected chi connectivity index (χ4v) is 1.75. The van der Waals surface area contributed by atoms with Crippen molar-refractivity contribution in [3.05, 3.63) is 22.9 Å². The second-order valence-electron chi connectivity index (χ2n) is 3.88. The average molecular weight is 352 g/mol. The zero-order chi connectivity index (χ0) is 17.1. The first kappa shape index (κ1) is 18.3. The topological polar surface area (TPSA) is 48.4 Å². The predicted octanol–water partition coefficient (Wildman–Crippen LogP) is 3.45. The minimum atomic E-state index is -5.26. The van der Waals surface area contributed by atoms with Gasteiger partial charge in [0.05, 0.1) is 19.4 Å². The van der Waals surface area contributed by atoms with E-state index in [-0.39, 0.29) is 0 Å². The maximum absolute atomic E-state index is 12.7.